The molecule has 1 aromatic carbocycles. The molecule has 2 fully saturated rings. The van der Waals surface area contributed by atoms with Crippen LogP contribution >= 0.6 is 0 Å². The van der Waals surface area contributed by atoms with Crippen LogP contribution in [0.1, 0.15) is 66.2 Å². The Morgan fingerprint density at radius 1 is 1.07 bits per heavy atom. The van der Waals surface area contributed by atoms with Gasteiger partial charge in [0, 0.05) is 32.4 Å². The van der Waals surface area contributed by atoms with Gasteiger partial charge >= 0.3 is 0 Å². The van der Waals surface area contributed by atoms with Crippen LogP contribution in [-0.4, -0.2) is 47.2 Å². The summed E-state index contributed by atoms with van der Waals surface area (Å²) in [6.45, 7) is 1.13. The number of aryl methyl sites for hydroxylation is 2. The van der Waals surface area contributed by atoms with Crippen molar-refractivity contribution in [2.45, 2.75) is 61.9 Å². The van der Waals surface area contributed by atoms with Crippen molar-refractivity contribution in [2.75, 3.05) is 13.1 Å². The predicted molar refractivity (Wildman–Crippen MR) is 115 cm³/mol. The summed E-state index contributed by atoms with van der Waals surface area (Å²) in [7, 11) is -1.76. The second kappa shape index (κ2) is 7.54. The molecule has 30 heavy (non-hydrogen) atoms. The molecule has 3 aliphatic rings. The monoisotopic (exact) mass is 427 g/mol. The van der Waals surface area contributed by atoms with Gasteiger partial charge in [-0.15, -0.1) is 0 Å². The van der Waals surface area contributed by atoms with E-state index < -0.39 is 10.0 Å². The van der Waals surface area contributed by atoms with Gasteiger partial charge in [-0.2, -0.15) is 4.31 Å². The highest BCUT2D eigenvalue weighted by molar-refractivity contribution is 7.89. The molecule has 1 saturated carbocycles. The quantitative estimate of drug-likeness (QED) is 0.734. The number of nitrogens with zero attached hydrogens (tertiary/aromatic N) is 3. The van der Waals surface area contributed by atoms with E-state index in [1.165, 1.54) is 15.4 Å². The normalized spacial score (nSPS) is 22.1. The summed E-state index contributed by atoms with van der Waals surface area (Å²) in [5.41, 5.74) is 3.04. The lowest BCUT2D eigenvalue weighted by Crippen LogP contribution is -2.39. The molecule has 0 N–H and O–H groups in total. The number of carbonyl (C=O) groups excluding carboxylic acids is 1. The van der Waals surface area contributed by atoms with Crippen molar-refractivity contribution in [3.8, 4) is 0 Å². The molecule has 1 atom stereocenters. The van der Waals surface area contributed by atoms with Crippen LogP contribution in [0.5, 0.6) is 0 Å². The van der Waals surface area contributed by atoms with Crippen molar-refractivity contribution in [1.82, 2.24) is 13.8 Å². The molecule has 160 valence electrons. The number of carbonyl (C=O) groups is 1. The van der Waals surface area contributed by atoms with Crippen molar-refractivity contribution >= 4 is 15.9 Å². The number of aromatic nitrogens is 1. The largest absolute Gasteiger partial charge is 0.345 e. The summed E-state index contributed by atoms with van der Waals surface area (Å²) < 4.78 is 29.2. The molecule has 1 aliphatic heterocycles. The molecule has 6 nitrogen and oxygen atoms in total. The Balaban J connectivity index is 1.48. The Labute approximate surface area is 178 Å². The first-order chi connectivity index (χ1) is 14.5. The number of sulfonamides is 1. The van der Waals surface area contributed by atoms with Crippen LogP contribution in [0.2, 0.25) is 0 Å². The van der Waals surface area contributed by atoms with E-state index in [0.717, 1.165) is 44.9 Å². The van der Waals surface area contributed by atoms with Gasteiger partial charge in [-0.3, -0.25) is 4.79 Å². The van der Waals surface area contributed by atoms with E-state index in [4.69, 9.17) is 0 Å². The molecule has 1 saturated heterocycles. The minimum Gasteiger partial charge on any atom is -0.345 e. The van der Waals surface area contributed by atoms with E-state index in [0.29, 0.717) is 18.8 Å². The number of fused-ring (bicyclic) bond motifs is 1. The zero-order valence-electron chi connectivity index (χ0n) is 17.5. The fourth-order valence-corrected chi connectivity index (χ4v) is 6.62. The molecule has 7 heteroatoms. The summed E-state index contributed by atoms with van der Waals surface area (Å²) >= 11 is 0. The van der Waals surface area contributed by atoms with Crippen LogP contribution in [0, 0.1) is 0 Å². The maximum atomic E-state index is 13.7. The molecular weight excluding hydrogens is 398 g/mol. The molecule has 2 aliphatic carbocycles. The first-order valence-corrected chi connectivity index (χ1v) is 12.5. The van der Waals surface area contributed by atoms with E-state index in [-0.39, 0.29) is 22.9 Å². The van der Waals surface area contributed by atoms with Crippen LogP contribution in [0.25, 0.3) is 0 Å². The summed E-state index contributed by atoms with van der Waals surface area (Å²) in [5, 5.41) is 0. The number of rotatable bonds is 5. The standard InChI is InChI=1S/C23H29N3O3S/c1-24-16-19(30(28,29)25-13-4-5-14-25)15-22(24)23(27)26(18-11-12-18)21-10-6-8-17-7-2-3-9-20(17)21/h2-3,7,9,15-16,18,21H,4-6,8,10-14H2,1H3. The average Bonchev–Trinajstić information content (AvgIpc) is 3.25. The van der Waals surface area contributed by atoms with E-state index in [9.17, 15) is 13.2 Å². The molecule has 1 amide bonds. The van der Waals surface area contributed by atoms with E-state index in [1.54, 1.807) is 23.9 Å². The summed E-state index contributed by atoms with van der Waals surface area (Å²) in [4.78, 5) is 16.0. The third-order valence-corrected chi connectivity index (χ3v) is 8.61. The SMILES string of the molecule is Cn1cc(S(=O)(=O)N2CCCC2)cc1C(=O)N(C1CC1)C1CCCc2ccccc21. The van der Waals surface area contributed by atoms with Crippen molar-refractivity contribution in [1.29, 1.82) is 0 Å². The lowest BCUT2D eigenvalue weighted by Gasteiger charge is -2.36. The van der Waals surface area contributed by atoms with Crippen LogP contribution in [0.4, 0.5) is 0 Å². The van der Waals surface area contributed by atoms with Gasteiger partial charge in [0.1, 0.15) is 10.6 Å². The summed E-state index contributed by atoms with van der Waals surface area (Å²) in [6.07, 6.45) is 8.52. The minimum absolute atomic E-state index is 0.0513. The maximum absolute atomic E-state index is 13.7. The van der Waals surface area contributed by atoms with Crippen LogP contribution in [-0.2, 0) is 23.5 Å². The molecule has 0 radical (unpaired) electrons. The molecule has 1 aromatic heterocycles. The first kappa shape index (κ1) is 19.8. The zero-order chi connectivity index (χ0) is 20.9. The molecule has 1 unspecified atom stereocenters. The van der Waals surface area contributed by atoms with Crippen molar-refractivity contribution in [2.24, 2.45) is 7.05 Å². The number of amides is 1. The zero-order valence-corrected chi connectivity index (χ0v) is 18.3. The van der Waals surface area contributed by atoms with Gasteiger partial charge in [-0.1, -0.05) is 24.3 Å². The van der Waals surface area contributed by atoms with Crippen LogP contribution < -0.4 is 0 Å². The molecule has 0 spiro atoms. The highest BCUT2D eigenvalue weighted by Crippen LogP contribution is 2.41. The maximum Gasteiger partial charge on any atom is 0.271 e. The molecular formula is C23H29N3O3S. The third-order valence-electron chi connectivity index (χ3n) is 6.75. The average molecular weight is 428 g/mol. The first-order valence-electron chi connectivity index (χ1n) is 11.0. The topological polar surface area (TPSA) is 62.6 Å². The van der Waals surface area contributed by atoms with E-state index in [2.05, 4.69) is 24.3 Å². The molecule has 5 rings (SSSR count). The second-order valence-corrected chi connectivity index (χ2v) is 10.8. The van der Waals surface area contributed by atoms with Gasteiger partial charge in [-0.25, -0.2) is 8.42 Å². The van der Waals surface area contributed by atoms with Crippen molar-refractivity contribution in [3.63, 3.8) is 0 Å². The van der Waals surface area contributed by atoms with Crippen molar-refractivity contribution < 1.29 is 13.2 Å². The molecule has 2 aromatic rings. The Hall–Kier alpha value is -2.12. The lowest BCUT2D eigenvalue weighted by molar-refractivity contribution is 0.0628. The van der Waals surface area contributed by atoms with Gasteiger partial charge < -0.3 is 9.47 Å². The number of hydrogen-bond acceptors (Lipinski definition) is 3. The smallest absolute Gasteiger partial charge is 0.271 e. The third kappa shape index (κ3) is 3.38. The predicted octanol–water partition coefficient (Wildman–Crippen LogP) is 3.49. The second-order valence-electron chi connectivity index (χ2n) is 8.83. The Bertz CT molecular complexity index is 1070. The Kier molecular flexibility index (Phi) is 4.98. The van der Waals surface area contributed by atoms with Gasteiger partial charge in [0.2, 0.25) is 10.0 Å². The summed E-state index contributed by atoms with van der Waals surface area (Å²) in [6, 6.07) is 10.3. The fourth-order valence-electron chi connectivity index (χ4n) is 5.03. The Morgan fingerprint density at radius 3 is 2.53 bits per heavy atom. The fraction of sp³-hybridized carbons (Fsp3) is 0.522. The van der Waals surface area contributed by atoms with Gasteiger partial charge in [0.15, 0.2) is 0 Å². The van der Waals surface area contributed by atoms with Gasteiger partial charge in [0.25, 0.3) is 5.91 Å². The van der Waals surface area contributed by atoms with Crippen LogP contribution in [0.3, 0.4) is 0 Å². The number of hydrogen-bond donors (Lipinski definition) is 0. The van der Waals surface area contributed by atoms with Crippen molar-refractivity contribution in [3.05, 3.63) is 53.3 Å². The molecule has 2 heterocycles. The molecule has 0 bridgehead atoms. The van der Waals surface area contributed by atoms with Gasteiger partial charge in [0.05, 0.1) is 6.04 Å². The van der Waals surface area contributed by atoms with E-state index in [1.807, 2.05) is 4.90 Å². The minimum atomic E-state index is -3.54. The number of benzene rings is 1. The van der Waals surface area contributed by atoms with Crippen LogP contribution in [0.15, 0.2) is 41.4 Å². The highest BCUT2D eigenvalue weighted by Gasteiger charge is 2.41. The Morgan fingerprint density at radius 2 is 1.80 bits per heavy atom. The van der Waals surface area contributed by atoms with E-state index >= 15 is 0 Å². The summed E-state index contributed by atoms with van der Waals surface area (Å²) in [5.74, 6) is -0.0513. The van der Waals surface area contributed by atoms with Gasteiger partial charge in [-0.05, 0) is 62.1 Å². The lowest BCUT2D eigenvalue weighted by atomic mass is 9.86. The highest BCUT2D eigenvalue weighted by atomic mass is 32.2.